The van der Waals surface area contributed by atoms with E-state index in [0.717, 1.165) is 55.0 Å². The maximum atomic E-state index is 14.0. The monoisotopic (exact) mass is 496 g/mol. The first-order valence-electron chi connectivity index (χ1n) is 14.3. The Morgan fingerprint density at radius 2 is 1.84 bits per heavy atom. The number of aryl methyl sites for hydroxylation is 1. The van der Waals surface area contributed by atoms with Gasteiger partial charge in [0.2, 0.25) is 0 Å². The van der Waals surface area contributed by atoms with Gasteiger partial charge in [-0.2, -0.15) is 5.26 Å². The molecule has 0 spiro atoms. The summed E-state index contributed by atoms with van der Waals surface area (Å²) in [7, 11) is 0. The summed E-state index contributed by atoms with van der Waals surface area (Å²) in [4.78, 5) is 19.4. The van der Waals surface area contributed by atoms with Crippen molar-refractivity contribution in [2.45, 2.75) is 89.1 Å². The molecule has 0 radical (unpaired) electrons. The van der Waals surface area contributed by atoms with Crippen LogP contribution in [0.2, 0.25) is 0 Å². The number of Topliss-reactive ketones (excluding diaryl/α,β-unsaturated/α-hetero) is 1. The highest BCUT2D eigenvalue weighted by Gasteiger charge is 2.52. The maximum absolute atomic E-state index is 14.0. The van der Waals surface area contributed by atoms with Gasteiger partial charge in [-0.3, -0.25) is 9.69 Å². The van der Waals surface area contributed by atoms with Crippen LogP contribution in [0.3, 0.4) is 0 Å². The number of benzene rings is 2. The Morgan fingerprint density at radius 3 is 2.46 bits per heavy atom. The van der Waals surface area contributed by atoms with Gasteiger partial charge >= 0.3 is 0 Å². The average molecular weight is 497 g/mol. The van der Waals surface area contributed by atoms with Crippen LogP contribution in [0.25, 0.3) is 0 Å². The van der Waals surface area contributed by atoms with Crippen molar-refractivity contribution in [3.63, 3.8) is 0 Å². The fourth-order valence-electron chi connectivity index (χ4n) is 7.82. The molecule has 2 aliphatic heterocycles. The highest BCUT2D eigenvalue weighted by atomic mass is 16.1. The SMILES string of the molecule is CCCC1(N2CCN(c3cc4c(cc3CC)C(=O)C3c5ccc(C#N)cc5NC3C4(C)C)CC2)CCC1. The van der Waals surface area contributed by atoms with Crippen LogP contribution in [0.1, 0.15) is 98.3 Å². The summed E-state index contributed by atoms with van der Waals surface area (Å²) in [5.74, 6) is 0.00872. The largest absolute Gasteiger partial charge is 0.380 e. The molecule has 6 rings (SSSR count). The third-order valence-corrected chi connectivity index (χ3v) is 10.1. The lowest BCUT2D eigenvalue weighted by Gasteiger charge is -2.54. The molecule has 2 fully saturated rings. The molecule has 0 bridgehead atoms. The van der Waals surface area contributed by atoms with Gasteiger partial charge in [0.05, 0.1) is 17.6 Å². The predicted molar refractivity (Wildman–Crippen MR) is 150 cm³/mol. The number of fused-ring (bicyclic) bond motifs is 4. The zero-order valence-corrected chi connectivity index (χ0v) is 22.9. The van der Waals surface area contributed by atoms with Gasteiger partial charge in [-0.25, -0.2) is 0 Å². The average Bonchev–Trinajstić information content (AvgIpc) is 3.29. The molecule has 2 aromatic carbocycles. The summed E-state index contributed by atoms with van der Waals surface area (Å²) in [5.41, 5.74) is 7.49. The van der Waals surface area contributed by atoms with E-state index in [4.69, 9.17) is 0 Å². The molecule has 2 heterocycles. The highest BCUT2D eigenvalue weighted by Crippen LogP contribution is 2.52. The van der Waals surface area contributed by atoms with Crippen LogP contribution >= 0.6 is 0 Å². The normalized spacial score (nSPS) is 25.4. The quantitative estimate of drug-likeness (QED) is 0.549. The highest BCUT2D eigenvalue weighted by molar-refractivity contribution is 6.07. The third-order valence-electron chi connectivity index (χ3n) is 10.1. The number of nitrogens with one attached hydrogen (secondary N) is 1. The molecule has 2 atom stereocenters. The van der Waals surface area contributed by atoms with Crippen LogP contribution in [0.5, 0.6) is 0 Å². The molecule has 2 aromatic rings. The molecule has 1 N–H and O–H groups in total. The van der Waals surface area contributed by atoms with Crippen LogP contribution < -0.4 is 10.2 Å². The zero-order chi connectivity index (χ0) is 25.9. The van der Waals surface area contributed by atoms with Gasteiger partial charge in [0, 0.05) is 60.1 Å². The molecule has 2 aliphatic carbocycles. The summed E-state index contributed by atoms with van der Waals surface area (Å²) in [6, 6.07) is 12.5. The van der Waals surface area contributed by atoms with Gasteiger partial charge in [-0.05, 0) is 73.1 Å². The van der Waals surface area contributed by atoms with Crippen LogP contribution in [0, 0.1) is 11.3 Å². The second-order valence-electron chi connectivity index (χ2n) is 12.3. The van der Waals surface area contributed by atoms with Crippen molar-refractivity contribution in [2.75, 3.05) is 36.4 Å². The number of hydrogen-bond acceptors (Lipinski definition) is 5. The van der Waals surface area contributed by atoms with E-state index >= 15 is 0 Å². The van der Waals surface area contributed by atoms with Crippen LogP contribution in [-0.2, 0) is 11.8 Å². The summed E-state index contributed by atoms with van der Waals surface area (Å²) < 4.78 is 0. The van der Waals surface area contributed by atoms with E-state index in [0.29, 0.717) is 11.1 Å². The lowest BCUT2D eigenvalue weighted by Crippen LogP contribution is -2.60. The Balaban J connectivity index is 1.32. The van der Waals surface area contributed by atoms with E-state index < -0.39 is 0 Å². The third kappa shape index (κ3) is 3.63. The number of piperazine rings is 1. The van der Waals surface area contributed by atoms with E-state index in [1.165, 1.54) is 43.4 Å². The molecule has 0 amide bonds. The van der Waals surface area contributed by atoms with Crippen molar-refractivity contribution in [2.24, 2.45) is 0 Å². The predicted octanol–water partition coefficient (Wildman–Crippen LogP) is 6.02. The van der Waals surface area contributed by atoms with E-state index in [-0.39, 0.29) is 23.2 Å². The van der Waals surface area contributed by atoms with Crippen LogP contribution in [-0.4, -0.2) is 48.4 Å². The molecule has 4 aliphatic rings. The van der Waals surface area contributed by atoms with Crippen molar-refractivity contribution in [3.05, 3.63) is 58.1 Å². The minimum Gasteiger partial charge on any atom is -0.380 e. The zero-order valence-electron chi connectivity index (χ0n) is 22.9. The first-order valence-corrected chi connectivity index (χ1v) is 14.3. The number of carbonyl (C=O) groups excluding carboxylic acids is 1. The Bertz CT molecular complexity index is 1280. The molecule has 2 unspecified atom stereocenters. The Labute approximate surface area is 221 Å². The fraction of sp³-hybridized carbons (Fsp3) is 0.562. The molecule has 5 heteroatoms. The molecule has 0 aromatic heterocycles. The molecular formula is C32H40N4O. The minimum absolute atomic E-state index is 0.0128. The van der Waals surface area contributed by atoms with Gasteiger partial charge in [-0.15, -0.1) is 0 Å². The van der Waals surface area contributed by atoms with Gasteiger partial charge in [-0.1, -0.05) is 40.2 Å². The lowest BCUT2D eigenvalue weighted by molar-refractivity contribution is 0.00378. The number of ketones is 1. The van der Waals surface area contributed by atoms with Crippen molar-refractivity contribution in [3.8, 4) is 6.07 Å². The Hall–Kier alpha value is -2.84. The second-order valence-corrected chi connectivity index (χ2v) is 12.3. The van der Waals surface area contributed by atoms with Gasteiger partial charge < -0.3 is 10.2 Å². The Kier molecular flexibility index (Phi) is 5.88. The van der Waals surface area contributed by atoms with Crippen molar-refractivity contribution in [1.29, 1.82) is 5.26 Å². The van der Waals surface area contributed by atoms with Crippen LogP contribution in [0.15, 0.2) is 30.3 Å². The minimum atomic E-state index is -0.223. The first-order chi connectivity index (χ1) is 17.8. The smallest absolute Gasteiger partial charge is 0.172 e. The number of anilines is 2. The standard InChI is InChI=1S/C32H40N4O/c1-5-10-32(11-7-12-32)36-15-13-35(14-16-36)27-19-25-24(18-22(27)6-2)29(37)28-23-9-8-21(20-33)17-26(23)34-30(28)31(25,3)4/h8-9,17-19,28,30,34H,5-7,10-16H2,1-4H3. The van der Waals surface area contributed by atoms with E-state index in [1.807, 2.05) is 18.2 Å². The lowest BCUT2D eigenvalue weighted by atomic mass is 9.63. The molecular weight excluding hydrogens is 456 g/mol. The molecule has 194 valence electrons. The molecule has 37 heavy (non-hydrogen) atoms. The summed E-state index contributed by atoms with van der Waals surface area (Å²) in [6.07, 6.45) is 7.63. The van der Waals surface area contributed by atoms with Crippen molar-refractivity contribution in [1.82, 2.24) is 4.90 Å². The molecule has 1 saturated heterocycles. The number of carbonyl (C=O) groups is 1. The molecule has 5 nitrogen and oxygen atoms in total. The van der Waals surface area contributed by atoms with Gasteiger partial charge in [0.1, 0.15) is 0 Å². The first kappa shape index (κ1) is 24.5. The van der Waals surface area contributed by atoms with Crippen molar-refractivity contribution < 1.29 is 4.79 Å². The van der Waals surface area contributed by atoms with Gasteiger partial charge in [0.15, 0.2) is 5.78 Å². The van der Waals surface area contributed by atoms with E-state index in [9.17, 15) is 10.1 Å². The summed E-state index contributed by atoms with van der Waals surface area (Å²) in [5, 5.41) is 13.0. The number of rotatable bonds is 5. The fourth-order valence-corrected chi connectivity index (χ4v) is 7.82. The number of nitrogens with zero attached hydrogens (tertiary/aromatic N) is 3. The topological polar surface area (TPSA) is 59.4 Å². The molecule has 1 saturated carbocycles. The summed E-state index contributed by atoms with van der Waals surface area (Å²) in [6.45, 7) is 13.5. The van der Waals surface area contributed by atoms with Crippen LogP contribution in [0.4, 0.5) is 11.4 Å². The van der Waals surface area contributed by atoms with Gasteiger partial charge in [0.25, 0.3) is 0 Å². The second kappa shape index (κ2) is 8.88. The maximum Gasteiger partial charge on any atom is 0.172 e. The van der Waals surface area contributed by atoms with Crippen molar-refractivity contribution >= 4 is 17.2 Å². The van der Waals surface area contributed by atoms with E-state index in [2.05, 4.69) is 61.0 Å². The number of nitriles is 1. The van der Waals surface area contributed by atoms with E-state index in [1.54, 1.807) is 0 Å². The number of hydrogen-bond donors (Lipinski definition) is 1. The summed E-state index contributed by atoms with van der Waals surface area (Å²) >= 11 is 0. The Morgan fingerprint density at radius 1 is 1.08 bits per heavy atom.